The normalized spacial score (nSPS) is 20.3. The predicted molar refractivity (Wildman–Crippen MR) is 190 cm³/mol. The number of allylic oxidation sites excluding steroid dienone is 4. The number of fused-ring (bicyclic) bond motifs is 8. The second kappa shape index (κ2) is 8.85. The summed E-state index contributed by atoms with van der Waals surface area (Å²) in [4.78, 5) is 0. The summed E-state index contributed by atoms with van der Waals surface area (Å²) in [5.41, 5.74) is 21.3. The van der Waals surface area contributed by atoms with Gasteiger partial charge in [0.2, 0.25) is 0 Å². The zero-order valence-corrected chi connectivity index (χ0v) is 27.3. The van der Waals surface area contributed by atoms with Gasteiger partial charge in [-0.05, 0) is 96.5 Å². The van der Waals surface area contributed by atoms with Crippen molar-refractivity contribution >= 4 is 5.57 Å². The molecule has 0 fully saturated rings. The Labute approximate surface area is 268 Å². The molecule has 4 aliphatic carbocycles. The first-order valence-electron chi connectivity index (χ1n) is 16.6. The maximum atomic E-state index is 2.51. The van der Waals surface area contributed by atoms with Gasteiger partial charge in [-0.1, -0.05) is 150 Å². The largest absolute Gasteiger partial charge is 0.0761 e. The third-order valence-electron chi connectivity index (χ3n) is 11.9. The highest BCUT2D eigenvalue weighted by Crippen LogP contribution is 2.55. The minimum atomic E-state index is -0.0118. The molecular formula is C45H40. The molecule has 4 aliphatic rings. The van der Waals surface area contributed by atoms with Gasteiger partial charge in [0.15, 0.2) is 0 Å². The van der Waals surface area contributed by atoms with E-state index in [2.05, 4.69) is 157 Å². The molecule has 0 saturated carbocycles. The SMILES string of the molecule is CC1(C)C2=C(C=CC(c3ccc4c(c3)C(C)(C)c3ccccc3-4)C2)c2ccc(-c3ccc4c(c3)C(C)(C)c3ccccc3-4)cc21. The average molecular weight is 581 g/mol. The molecule has 5 aromatic carbocycles. The summed E-state index contributed by atoms with van der Waals surface area (Å²) >= 11 is 0. The van der Waals surface area contributed by atoms with Crippen LogP contribution < -0.4 is 0 Å². The van der Waals surface area contributed by atoms with E-state index in [1.54, 1.807) is 5.57 Å². The molecule has 45 heavy (non-hydrogen) atoms. The molecule has 0 radical (unpaired) electrons. The van der Waals surface area contributed by atoms with E-state index in [1.165, 1.54) is 77.9 Å². The fraction of sp³-hybridized carbons (Fsp3) is 0.244. The van der Waals surface area contributed by atoms with Crippen molar-refractivity contribution in [3.63, 3.8) is 0 Å². The van der Waals surface area contributed by atoms with Gasteiger partial charge in [-0.15, -0.1) is 0 Å². The third-order valence-corrected chi connectivity index (χ3v) is 11.9. The smallest absolute Gasteiger partial charge is 0.0159 e. The zero-order chi connectivity index (χ0) is 30.9. The Kier molecular flexibility index (Phi) is 5.30. The Morgan fingerprint density at radius 1 is 0.467 bits per heavy atom. The molecule has 0 aliphatic heterocycles. The highest BCUT2D eigenvalue weighted by Gasteiger charge is 2.41. The summed E-state index contributed by atoms with van der Waals surface area (Å²) in [6.07, 6.45) is 5.97. The molecule has 9 rings (SSSR count). The van der Waals surface area contributed by atoms with Gasteiger partial charge >= 0.3 is 0 Å². The van der Waals surface area contributed by atoms with Crippen molar-refractivity contribution in [3.8, 4) is 33.4 Å². The molecule has 5 aromatic rings. The molecule has 0 heterocycles. The second-order valence-corrected chi connectivity index (χ2v) is 15.4. The monoisotopic (exact) mass is 580 g/mol. The molecular weight excluding hydrogens is 540 g/mol. The fourth-order valence-corrected chi connectivity index (χ4v) is 9.26. The first-order valence-corrected chi connectivity index (χ1v) is 16.6. The van der Waals surface area contributed by atoms with E-state index in [0.717, 1.165) is 6.42 Å². The topological polar surface area (TPSA) is 0 Å². The Balaban J connectivity index is 1.04. The van der Waals surface area contributed by atoms with E-state index in [1.807, 2.05) is 0 Å². The molecule has 220 valence electrons. The Morgan fingerprint density at radius 3 is 1.58 bits per heavy atom. The molecule has 0 heteroatoms. The molecule has 1 unspecified atom stereocenters. The lowest BCUT2D eigenvalue weighted by Crippen LogP contribution is -2.20. The van der Waals surface area contributed by atoms with Crippen molar-refractivity contribution in [3.05, 3.63) is 160 Å². The average Bonchev–Trinajstić information content (AvgIpc) is 3.53. The summed E-state index contributed by atoms with van der Waals surface area (Å²) < 4.78 is 0. The Bertz CT molecular complexity index is 2160. The second-order valence-electron chi connectivity index (χ2n) is 15.4. The molecule has 0 bridgehead atoms. The van der Waals surface area contributed by atoms with Crippen LogP contribution in [0.2, 0.25) is 0 Å². The molecule has 0 nitrogen and oxygen atoms in total. The first kappa shape index (κ1) is 26.9. The van der Waals surface area contributed by atoms with Gasteiger partial charge in [-0.25, -0.2) is 0 Å². The van der Waals surface area contributed by atoms with Gasteiger partial charge < -0.3 is 0 Å². The molecule has 1 atom stereocenters. The van der Waals surface area contributed by atoms with E-state index >= 15 is 0 Å². The van der Waals surface area contributed by atoms with Crippen molar-refractivity contribution in [1.82, 2.24) is 0 Å². The molecule has 0 aromatic heterocycles. The van der Waals surface area contributed by atoms with Gasteiger partial charge in [0.25, 0.3) is 0 Å². The summed E-state index contributed by atoms with van der Waals surface area (Å²) in [6.45, 7) is 14.4. The highest BCUT2D eigenvalue weighted by molar-refractivity contribution is 5.90. The van der Waals surface area contributed by atoms with Crippen LogP contribution in [0.1, 0.15) is 92.8 Å². The zero-order valence-electron chi connectivity index (χ0n) is 27.3. The van der Waals surface area contributed by atoms with Crippen molar-refractivity contribution < 1.29 is 0 Å². The number of benzene rings is 5. The number of hydrogen-bond donors (Lipinski definition) is 0. The molecule has 0 saturated heterocycles. The van der Waals surface area contributed by atoms with Crippen molar-refractivity contribution in [2.24, 2.45) is 0 Å². The number of rotatable bonds is 2. The van der Waals surface area contributed by atoms with Crippen LogP contribution in [0, 0.1) is 0 Å². The summed E-state index contributed by atoms with van der Waals surface area (Å²) in [5, 5.41) is 0. The van der Waals surface area contributed by atoms with Gasteiger partial charge in [-0.3, -0.25) is 0 Å². The quantitative estimate of drug-likeness (QED) is 0.195. The summed E-state index contributed by atoms with van der Waals surface area (Å²) in [5.74, 6) is 0.391. The lowest BCUT2D eigenvalue weighted by molar-refractivity contribution is 0.590. The fourth-order valence-electron chi connectivity index (χ4n) is 9.26. The molecule has 0 amide bonds. The Morgan fingerprint density at radius 2 is 0.956 bits per heavy atom. The van der Waals surface area contributed by atoms with Crippen molar-refractivity contribution in [1.29, 1.82) is 0 Å². The van der Waals surface area contributed by atoms with Crippen LogP contribution in [0.25, 0.3) is 39.0 Å². The van der Waals surface area contributed by atoms with Crippen molar-refractivity contribution in [2.45, 2.75) is 70.1 Å². The predicted octanol–water partition coefficient (Wildman–Crippen LogP) is 11.8. The van der Waals surface area contributed by atoms with Crippen LogP contribution in [-0.4, -0.2) is 0 Å². The number of hydrogen-bond acceptors (Lipinski definition) is 0. The van der Waals surface area contributed by atoms with Crippen LogP contribution >= 0.6 is 0 Å². The van der Waals surface area contributed by atoms with Crippen LogP contribution in [0.3, 0.4) is 0 Å². The first-order chi connectivity index (χ1) is 21.6. The minimum Gasteiger partial charge on any atom is -0.0761 e. The van der Waals surface area contributed by atoms with Gasteiger partial charge in [0.1, 0.15) is 0 Å². The van der Waals surface area contributed by atoms with E-state index in [9.17, 15) is 0 Å². The standard InChI is InChI=1S/C45H40/c1-43(2)37-13-9-7-11-31(37)33-19-15-27(23-39(33)43)29-17-21-35-36-22-18-30(26-42(36)45(5,6)41(35)25-29)28-16-20-34-32-12-8-10-14-38(32)44(3,4)40(34)24-28/h7-25,30H,26H2,1-6H3. The van der Waals surface area contributed by atoms with E-state index in [0.29, 0.717) is 5.92 Å². The van der Waals surface area contributed by atoms with Crippen LogP contribution in [0.5, 0.6) is 0 Å². The molecule has 0 spiro atoms. The maximum Gasteiger partial charge on any atom is 0.0159 e. The van der Waals surface area contributed by atoms with Gasteiger partial charge in [0.05, 0.1) is 0 Å². The van der Waals surface area contributed by atoms with E-state index in [-0.39, 0.29) is 16.2 Å². The lowest BCUT2D eigenvalue weighted by Gasteiger charge is -2.30. The minimum absolute atomic E-state index is 0.00789. The van der Waals surface area contributed by atoms with Gasteiger partial charge in [0, 0.05) is 22.2 Å². The van der Waals surface area contributed by atoms with Crippen LogP contribution in [-0.2, 0) is 16.2 Å². The van der Waals surface area contributed by atoms with Crippen LogP contribution in [0.15, 0.2) is 121 Å². The van der Waals surface area contributed by atoms with Crippen molar-refractivity contribution in [2.75, 3.05) is 0 Å². The Hall–Kier alpha value is -4.42. The van der Waals surface area contributed by atoms with E-state index < -0.39 is 0 Å². The molecule has 0 N–H and O–H groups in total. The lowest BCUT2D eigenvalue weighted by atomic mass is 9.74. The van der Waals surface area contributed by atoms with Gasteiger partial charge in [-0.2, -0.15) is 0 Å². The van der Waals surface area contributed by atoms with Crippen LogP contribution in [0.4, 0.5) is 0 Å². The van der Waals surface area contributed by atoms with E-state index in [4.69, 9.17) is 0 Å². The summed E-state index contributed by atoms with van der Waals surface area (Å²) in [6, 6.07) is 39.5. The third kappa shape index (κ3) is 3.54. The highest BCUT2D eigenvalue weighted by atomic mass is 14.4. The maximum absolute atomic E-state index is 2.51. The summed E-state index contributed by atoms with van der Waals surface area (Å²) in [7, 11) is 0.